The Morgan fingerprint density at radius 1 is 0.794 bits per heavy atom. The number of rotatable bonds is 3. The van der Waals surface area contributed by atoms with E-state index < -0.39 is 0 Å². The van der Waals surface area contributed by atoms with Gasteiger partial charge in [0.1, 0.15) is 0 Å². The van der Waals surface area contributed by atoms with E-state index in [2.05, 4.69) is 54.0 Å². The van der Waals surface area contributed by atoms with Gasteiger partial charge in [0.25, 0.3) is 0 Å². The summed E-state index contributed by atoms with van der Waals surface area (Å²) in [6, 6.07) is 29.7. The van der Waals surface area contributed by atoms with E-state index in [1.165, 1.54) is 19.9 Å². The number of hydrogen-bond donors (Lipinski definition) is 1. The first-order valence-corrected chi connectivity index (χ1v) is 11.5. The smallest absolute Gasteiger partial charge is 0.155 e. The number of aliphatic hydroxyl groups is 1. The van der Waals surface area contributed by atoms with E-state index >= 15 is 0 Å². The second-order valence-corrected chi connectivity index (χ2v) is 8.50. The van der Waals surface area contributed by atoms with Crippen molar-refractivity contribution >= 4 is 37.6 Å². The van der Waals surface area contributed by atoms with Gasteiger partial charge in [0, 0.05) is 38.6 Å². The summed E-state index contributed by atoms with van der Waals surface area (Å²) in [5, 5.41) is 8.36. The van der Waals surface area contributed by atoms with Crippen LogP contribution in [-0.2, 0) is 24.9 Å². The van der Waals surface area contributed by atoms with Crippen molar-refractivity contribution in [1.82, 2.24) is 9.97 Å². The van der Waals surface area contributed by atoms with Gasteiger partial charge in [-0.2, -0.15) is 0 Å². The molecule has 0 bridgehead atoms. The Balaban J connectivity index is 0.000000264. The zero-order valence-corrected chi connectivity index (χ0v) is 24.1. The van der Waals surface area contributed by atoms with Crippen LogP contribution in [-0.4, -0.2) is 20.9 Å². The zero-order valence-electron chi connectivity index (χ0n) is 18.5. The van der Waals surface area contributed by atoms with Crippen molar-refractivity contribution in [2.45, 2.75) is 13.8 Å². The predicted octanol–water partition coefficient (Wildman–Crippen LogP) is 7.66. The fourth-order valence-corrected chi connectivity index (χ4v) is 2.96. The Morgan fingerprint density at radius 3 is 1.47 bits per heavy atom. The van der Waals surface area contributed by atoms with Crippen molar-refractivity contribution in [1.29, 1.82) is 0 Å². The quantitative estimate of drug-likeness (QED) is 0.133. The minimum Gasteiger partial charge on any atom is -0.512 e. The van der Waals surface area contributed by atoms with Crippen LogP contribution in [0.4, 0.5) is 0 Å². The summed E-state index contributed by atoms with van der Waals surface area (Å²) in [4.78, 5) is 18.5. The molecule has 0 saturated carbocycles. The van der Waals surface area contributed by atoms with Crippen LogP contribution in [0.15, 0.2) is 106 Å². The Kier molecular flexibility index (Phi) is 14.1. The molecule has 1 radical (unpaired) electrons. The van der Waals surface area contributed by atoms with Crippen molar-refractivity contribution in [2.24, 2.45) is 0 Å². The number of hydrogen-bond acceptors (Lipinski definition) is 4. The van der Waals surface area contributed by atoms with Crippen LogP contribution in [0, 0.1) is 12.1 Å². The zero-order chi connectivity index (χ0) is 24.1. The molecule has 0 atom stereocenters. The minimum absolute atomic E-state index is 0. The number of pyridine rings is 2. The van der Waals surface area contributed by atoms with Gasteiger partial charge in [-0.1, -0.05) is 33.2 Å². The second kappa shape index (κ2) is 16.2. The van der Waals surface area contributed by atoms with Gasteiger partial charge in [0.05, 0.1) is 5.76 Å². The molecule has 34 heavy (non-hydrogen) atoms. The normalized spacial score (nSPS) is 9.94. The van der Waals surface area contributed by atoms with Gasteiger partial charge < -0.3 is 15.1 Å². The molecule has 0 spiro atoms. The van der Waals surface area contributed by atoms with E-state index in [1.807, 2.05) is 72.8 Å². The van der Waals surface area contributed by atoms with Gasteiger partial charge in [-0.3, -0.25) is 4.79 Å². The third-order valence-electron chi connectivity index (χ3n) is 3.84. The van der Waals surface area contributed by atoms with Gasteiger partial charge in [-0.05, 0) is 37.4 Å². The summed E-state index contributed by atoms with van der Waals surface area (Å²) >= 11 is 6.73. The molecule has 0 fully saturated rings. The van der Waals surface area contributed by atoms with Crippen LogP contribution < -0.4 is 0 Å². The third-order valence-corrected chi connectivity index (χ3v) is 4.83. The van der Waals surface area contributed by atoms with Crippen LogP contribution in [0.3, 0.4) is 0 Å². The maximum Gasteiger partial charge on any atom is 0.155 e. The van der Waals surface area contributed by atoms with Crippen LogP contribution >= 0.6 is 31.9 Å². The topological polar surface area (TPSA) is 63.1 Å². The first-order valence-electron chi connectivity index (χ1n) is 9.90. The first kappa shape index (κ1) is 29.6. The van der Waals surface area contributed by atoms with Gasteiger partial charge in [0.2, 0.25) is 0 Å². The molecule has 4 rings (SSSR count). The number of aliphatic hydroxyl groups excluding tert-OH is 1. The molecular weight excluding hydrogens is 736 g/mol. The number of allylic oxidation sites excluding steroid dienone is 2. The van der Waals surface area contributed by atoms with E-state index in [0.717, 1.165) is 31.5 Å². The van der Waals surface area contributed by atoms with Crippen molar-refractivity contribution < 1.29 is 30.0 Å². The molecule has 177 valence electrons. The Morgan fingerprint density at radius 2 is 1.24 bits per heavy atom. The molecule has 0 unspecified atom stereocenters. The molecular formula is C27H22Br2IrN2O2-2. The Hall–Kier alpha value is -2.44. The van der Waals surface area contributed by atoms with E-state index in [9.17, 15) is 4.79 Å². The molecule has 0 aliphatic rings. The molecule has 1 N–H and O–H groups in total. The molecule has 0 aliphatic carbocycles. The number of benzene rings is 2. The molecule has 4 aromatic rings. The summed E-state index contributed by atoms with van der Waals surface area (Å²) in [7, 11) is 0. The third kappa shape index (κ3) is 11.6. The maximum atomic E-state index is 10.0. The minimum atomic E-state index is -0.125. The summed E-state index contributed by atoms with van der Waals surface area (Å²) in [6.07, 6.45) is 4.73. The van der Waals surface area contributed by atoms with Crippen LogP contribution in [0.5, 0.6) is 0 Å². The molecule has 2 aromatic heterocycles. The Labute approximate surface area is 230 Å². The summed E-state index contributed by atoms with van der Waals surface area (Å²) < 4.78 is 2.07. The second-order valence-electron chi connectivity index (χ2n) is 6.67. The standard InChI is InChI=1S/2C11H7BrN.C5H8O2.Ir/c2*12-10-6-4-9(5-7-10)11-3-1-2-8-13-11;1-4(6)3-5(2)7;/h2*1-4,6-8H;3,6H,1-2H3;/q2*-1;;/b;;4-3-;. The van der Waals surface area contributed by atoms with E-state index in [-0.39, 0.29) is 31.6 Å². The van der Waals surface area contributed by atoms with E-state index in [4.69, 9.17) is 5.11 Å². The number of halogens is 2. The SMILES string of the molecule is Brc1c[c-]c(-c2ccccn2)cc1.Brc1c[c-]c(-c2ccccn2)cc1.CC(=O)/C=C(/C)O.[Ir]. The molecule has 2 heterocycles. The predicted molar refractivity (Wildman–Crippen MR) is 139 cm³/mol. The van der Waals surface area contributed by atoms with Crippen LogP contribution in [0.2, 0.25) is 0 Å². The van der Waals surface area contributed by atoms with E-state index in [1.54, 1.807) is 12.4 Å². The van der Waals surface area contributed by atoms with Gasteiger partial charge in [-0.15, -0.1) is 91.5 Å². The average molecular weight is 759 g/mol. The van der Waals surface area contributed by atoms with Crippen molar-refractivity contribution in [3.05, 3.63) is 118 Å². The molecule has 0 saturated heterocycles. The summed E-state index contributed by atoms with van der Waals surface area (Å²) in [5.74, 6) is -0.0625. The average Bonchev–Trinajstić information content (AvgIpc) is 2.81. The maximum absolute atomic E-state index is 10.0. The van der Waals surface area contributed by atoms with Crippen molar-refractivity contribution in [3.63, 3.8) is 0 Å². The largest absolute Gasteiger partial charge is 0.512 e. The number of carbonyl (C=O) groups excluding carboxylic acids is 1. The van der Waals surface area contributed by atoms with Gasteiger partial charge in [0.15, 0.2) is 5.78 Å². The number of carbonyl (C=O) groups is 1. The molecule has 7 heteroatoms. The van der Waals surface area contributed by atoms with Crippen molar-refractivity contribution in [3.8, 4) is 22.5 Å². The fraction of sp³-hybridized carbons (Fsp3) is 0.0741. The number of ketones is 1. The van der Waals surface area contributed by atoms with Gasteiger partial charge in [-0.25, -0.2) is 0 Å². The number of nitrogens with zero attached hydrogens (tertiary/aromatic N) is 2. The summed E-state index contributed by atoms with van der Waals surface area (Å²) in [5.41, 5.74) is 3.94. The van der Waals surface area contributed by atoms with Crippen LogP contribution in [0.25, 0.3) is 22.5 Å². The molecule has 0 amide bonds. The molecule has 4 nitrogen and oxygen atoms in total. The first-order chi connectivity index (χ1) is 15.8. The fourth-order valence-electron chi connectivity index (χ4n) is 2.47. The van der Waals surface area contributed by atoms with Gasteiger partial charge >= 0.3 is 0 Å². The van der Waals surface area contributed by atoms with Crippen LogP contribution in [0.1, 0.15) is 13.8 Å². The number of aromatic nitrogens is 2. The summed E-state index contributed by atoms with van der Waals surface area (Å²) in [6.45, 7) is 2.85. The monoisotopic (exact) mass is 757 g/mol. The molecule has 0 aliphatic heterocycles. The van der Waals surface area contributed by atoms with Crippen molar-refractivity contribution in [2.75, 3.05) is 0 Å². The Bertz CT molecular complexity index is 1070. The van der Waals surface area contributed by atoms with E-state index in [0.29, 0.717) is 0 Å². The molecule has 2 aromatic carbocycles.